The number of nitrogens with one attached hydrogen (secondary N) is 1. The fourth-order valence-electron chi connectivity index (χ4n) is 1.59. The molecule has 0 fully saturated rings. The first-order valence-electron chi connectivity index (χ1n) is 6.26. The van der Waals surface area contributed by atoms with Gasteiger partial charge in [0, 0.05) is 12.7 Å². The number of ether oxygens (including phenoxy) is 1. The highest BCUT2D eigenvalue weighted by atomic mass is 35.5. The van der Waals surface area contributed by atoms with Gasteiger partial charge in [-0.15, -0.1) is 5.10 Å². The molecule has 1 heterocycles. The third-order valence-corrected chi connectivity index (χ3v) is 2.87. The van der Waals surface area contributed by atoms with E-state index in [-0.39, 0.29) is 0 Å². The Balaban J connectivity index is 1.79. The third kappa shape index (κ3) is 4.22. The molecule has 0 saturated carbocycles. The number of hydrogen-bond acceptors (Lipinski definition) is 4. The summed E-state index contributed by atoms with van der Waals surface area (Å²) in [7, 11) is 0. The summed E-state index contributed by atoms with van der Waals surface area (Å²) in [6, 6.07) is 7.42. The van der Waals surface area contributed by atoms with Crippen molar-refractivity contribution in [2.24, 2.45) is 0 Å². The van der Waals surface area contributed by atoms with Gasteiger partial charge in [-0.1, -0.05) is 35.9 Å². The van der Waals surface area contributed by atoms with Crippen LogP contribution in [0.3, 0.4) is 0 Å². The molecule has 0 unspecified atom stereocenters. The molecule has 1 aromatic carbocycles. The van der Waals surface area contributed by atoms with Crippen LogP contribution in [0.5, 0.6) is 5.75 Å². The molecule has 0 spiro atoms. The summed E-state index contributed by atoms with van der Waals surface area (Å²) in [6.07, 6.45) is 1.92. The summed E-state index contributed by atoms with van der Waals surface area (Å²) in [5.41, 5.74) is 0.930. The second kappa shape index (κ2) is 7.11. The molecular formula is C13H17ClN4O. The number of aromatic nitrogens is 3. The Hall–Kier alpha value is -1.59. The third-order valence-electron chi connectivity index (χ3n) is 2.56. The molecule has 2 rings (SSSR count). The van der Waals surface area contributed by atoms with Crippen LogP contribution in [0.4, 0.5) is 0 Å². The molecule has 0 bridgehead atoms. The normalized spacial score (nSPS) is 10.6. The van der Waals surface area contributed by atoms with E-state index >= 15 is 0 Å². The van der Waals surface area contributed by atoms with Crippen molar-refractivity contribution in [2.75, 3.05) is 13.2 Å². The first-order chi connectivity index (χ1) is 9.29. The summed E-state index contributed by atoms with van der Waals surface area (Å²) in [5, 5.41) is 11.9. The summed E-state index contributed by atoms with van der Waals surface area (Å²) in [5.74, 6) is 0.692. The van der Waals surface area contributed by atoms with Crippen LogP contribution < -0.4 is 10.1 Å². The molecule has 0 aliphatic rings. The number of nitrogens with zero attached hydrogens (tertiary/aromatic N) is 3. The molecule has 0 amide bonds. The van der Waals surface area contributed by atoms with Gasteiger partial charge in [0.15, 0.2) is 0 Å². The zero-order valence-electron chi connectivity index (χ0n) is 10.8. The fourth-order valence-corrected chi connectivity index (χ4v) is 1.78. The maximum atomic E-state index is 6.00. The maximum absolute atomic E-state index is 6.00. The second-order valence-electron chi connectivity index (χ2n) is 4.03. The number of benzene rings is 1. The average molecular weight is 281 g/mol. The van der Waals surface area contributed by atoms with Crippen LogP contribution in [0.25, 0.3) is 0 Å². The Morgan fingerprint density at radius 2 is 2.21 bits per heavy atom. The lowest BCUT2D eigenvalue weighted by Crippen LogP contribution is -2.12. The first kappa shape index (κ1) is 13.8. The maximum Gasteiger partial charge on any atom is 0.137 e. The van der Waals surface area contributed by atoms with E-state index in [2.05, 4.69) is 22.6 Å². The van der Waals surface area contributed by atoms with Crippen molar-refractivity contribution in [2.45, 2.75) is 20.0 Å². The Bertz CT molecular complexity index is 515. The van der Waals surface area contributed by atoms with Gasteiger partial charge in [-0.05, 0) is 18.7 Å². The van der Waals surface area contributed by atoms with E-state index in [0.717, 1.165) is 18.8 Å². The van der Waals surface area contributed by atoms with Crippen LogP contribution in [0.1, 0.15) is 12.6 Å². The van der Waals surface area contributed by atoms with Gasteiger partial charge in [0.25, 0.3) is 0 Å². The van der Waals surface area contributed by atoms with Crippen LogP contribution in [-0.4, -0.2) is 28.1 Å². The van der Waals surface area contributed by atoms with Gasteiger partial charge >= 0.3 is 0 Å². The predicted octanol–water partition coefficient (Wildman–Crippen LogP) is 2.12. The largest absolute Gasteiger partial charge is 0.490 e. The topological polar surface area (TPSA) is 52.0 Å². The van der Waals surface area contributed by atoms with E-state index < -0.39 is 0 Å². The van der Waals surface area contributed by atoms with Gasteiger partial charge in [0.1, 0.15) is 12.4 Å². The number of rotatable bonds is 7. The number of para-hydroxylation sites is 1. The average Bonchev–Trinajstić information content (AvgIpc) is 2.86. The van der Waals surface area contributed by atoms with E-state index in [4.69, 9.17) is 16.3 Å². The Morgan fingerprint density at radius 1 is 1.37 bits per heavy atom. The van der Waals surface area contributed by atoms with Gasteiger partial charge in [0.05, 0.1) is 17.3 Å². The molecule has 5 nitrogen and oxygen atoms in total. The molecule has 0 atom stereocenters. The second-order valence-corrected chi connectivity index (χ2v) is 4.44. The minimum Gasteiger partial charge on any atom is -0.490 e. The van der Waals surface area contributed by atoms with Gasteiger partial charge in [0.2, 0.25) is 0 Å². The van der Waals surface area contributed by atoms with Crippen LogP contribution in [0, 0.1) is 0 Å². The van der Waals surface area contributed by atoms with E-state index in [1.165, 1.54) is 0 Å². The van der Waals surface area contributed by atoms with E-state index in [0.29, 0.717) is 23.9 Å². The highest BCUT2D eigenvalue weighted by Crippen LogP contribution is 2.22. The fraction of sp³-hybridized carbons (Fsp3) is 0.385. The molecule has 1 N–H and O–H groups in total. The quantitative estimate of drug-likeness (QED) is 0.844. The van der Waals surface area contributed by atoms with Crippen LogP contribution in [-0.2, 0) is 13.1 Å². The lowest BCUT2D eigenvalue weighted by atomic mass is 10.3. The molecule has 6 heteroatoms. The Morgan fingerprint density at radius 3 is 3.00 bits per heavy atom. The molecule has 0 saturated heterocycles. The van der Waals surface area contributed by atoms with Gasteiger partial charge < -0.3 is 10.1 Å². The molecule has 0 aliphatic carbocycles. The van der Waals surface area contributed by atoms with Crippen molar-refractivity contribution in [1.29, 1.82) is 0 Å². The SMILES string of the molecule is CCNCc1cn(CCOc2ccccc2Cl)nn1. The van der Waals surface area contributed by atoms with Crippen molar-refractivity contribution in [3.8, 4) is 5.75 Å². The molecule has 0 aliphatic heterocycles. The number of hydrogen-bond donors (Lipinski definition) is 1. The van der Waals surface area contributed by atoms with Crippen molar-refractivity contribution in [1.82, 2.24) is 20.3 Å². The summed E-state index contributed by atoms with van der Waals surface area (Å²) in [4.78, 5) is 0. The molecule has 2 aromatic rings. The smallest absolute Gasteiger partial charge is 0.137 e. The Kier molecular flexibility index (Phi) is 5.18. The standard InChI is InChI=1S/C13H17ClN4O/c1-2-15-9-11-10-18(17-16-11)7-8-19-13-6-4-3-5-12(13)14/h3-6,10,15H,2,7-9H2,1H3. The molecule has 102 valence electrons. The van der Waals surface area contributed by atoms with Gasteiger partial charge in [-0.25, -0.2) is 4.68 Å². The van der Waals surface area contributed by atoms with Crippen molar-refractivity contribution >= 4 is 11.6 Å². The lowest BCUT2D eigenvalue weighted by Gasteiger charge is -2.07. The predicted molar refractivity (Wildman–Crippen MR) is 74.3 cm³/mol. The van der Waals surface area contributed by atoms with Crippen molar-refractivity contribution < 1.29 is 4.74 Å². The van der Waals surface area contributed by atoms with E-state index in [1.807, 2.05) is 24.4 Å². The van der Waals surface area contributed by atoms with E-state index in [9.17, 15) is 0 Å². The summed E-state index contributed by atoms with van der Waals surface area (Å²) < 4.78 is 7.36. The highest BCUT2D eigenvalue weighted by Gasteiger charge is 2.02. The molecule has 19 heavy (non-hydrogen) atoms. The molecular weight excluding hydrogens is 264 g/mol. The summed E-state index contributed by atoms with van der Waals surface area (Å²) >= 11 is 6.00. The Labute approximate surface area is 117 Å². The minimum atomic E-state index is 0.508. The highest BCUT2D eigenvalue weighted by molar-refractivity contribution is 6.32. The van der Waals surface area contributed by atoms with Gasteiger partial charge in [-0.3, -0.25) is 0 Å². The van der Waals surface area contributed by atoms with Gasteiger partial charge in [-0.2, -0.15) is 0 Å². The zero-order valence-corrected chi connectivity index (χ0v) is 11.6. The van der Waals surface area contributed by atoms with Crippen molar-refractivity contribution in [3.63, 3.8) is 0 Å². The molecule has 0 radical (unpaired) electrons. The minimum absolute atomic E-state index is 0.508. The van der Waals surface area contributed by atoms with E-state index in [1.54, 1.807) is 10.7 Å². The zero-order chi connectivity index (χ0) is 13.5. The first-order valence-corrected chi connectivity index (χ1v) is 6.64. The van der Waals surface area contributed by atoms with Crippen LogP contribution >= 0.6 is 11.6 Å². The van der Waals surface area contributed by atoms with Crippen LogP contribution in [0.15, 0.2) is 30.5 Å². The number of halogens is 1. The van der Waals surface area contributed by atoms with Crippen LogP contribution in [0.2, 0.25) is 5.02 Å². The lowest BCUT2D eigenvalue weighted by molar-refractivity contribution is 0.290. The molecule has 1 aromatic heterocycles. The monoisotopic (exact) mass is 280 g/mol. The summed E-state index contributed by atoms with van der Waals surface area (Å²) in [6.45, 7) is 4.87. The van der Waals surface area contributed by atoms with Crippen molar-refractivity contribution in [3.05, 3.63) is 41.2 Å².